The van der Waals surface area contributed by atoms with Gasteiger partial charge in [-0.05, 0) is 130 Å². The van der Waals surface area contributed by atoms with Crippen molar-refractivity contribution in [1.29, 1.82) is 0 Å². The molecule has 1 aromatic heterocycles. The van der Waals surface area contributed by atoms with Gasteiger partial charge in [0, 0.05) is 16.7 Å². The van der Waals surface area contributed by atoms with E-state index in [0.29, 0.717) is 5.82 Å². The number of rotatable bonds is 7. The Balaban J connectivity index is 0.937. The predicted octanol–water partition coefficient (Wildman–Crippen LogP) is 17.6. The minimum atomic E-state index is -0.462. The topological polar surface area (TPSA) is 25.8 Å². The fraction of sp³-hybridized carbons (Fsp3) is 0.0145. The fourth-order valence-electron chi connectivity index (χ4n) is 11.7. The van der Waals surface area contributed by atoms with Crippen LogP contribution in [-0.4, -0.2) is 9.97 Å². The van der Waals surface area contributed by atoms with Gasteiger partial charge in [0.05, 0.1) is 16.8 Å². The van der Waals surface area contributed by atoms with Crippen molar-refractivity contribution >= 4 is 10.8 Å². The van der Waals surface area contributed by atoms with Crippen molar-refractivity contribution in [2.45, 2.75) is 5.41 Å². The molecule has 12 aromatic rings. The number of aromatic nitrogens is 2. The molecule has 14 rings (SSSR count). The highest BCUT2D eigenvalue weighted by Crippen LogP contribution is 2.64. The summed E-state index contributed by atoms with van der Waals surface area (Å²) in [4.78, 5) is 10.4. The molecular weight excluding hydrogens is 857 g/mol. The molecule has 0 radical (unpaired) electrons. The van der Waals surface area contributed by atoms with Gasteiger partial charge in [-0.1, -0.05) is 237 Å². The van der Waals surface area contributed by atoms with Crippen molar-refractivity contribution in [3.63, 3.8) is 0 Å². The minimum absolute atomic E-state index is 0.462. The van der Waals surface area contributed by atoms with Gasteiger partial charge in [-0.2, -0.15) is 0 Å². The van der Waals surface area contributed by atoms with Gasteiger partial charge in [0.1, 0.15) is 0 Å². The Hall–Kier alpha value is -9.24. The van der Waals surface area contributed by atoms with Crippen LogP contribution in [0, 0.1) is 0 Å². The van der Waals surface area contributed by atoms with Crippen molar-refractivity contribution in [2.75, 3.05) is 0 Å². The van der Waals surface area contributed by atoms with E-state index in [2.05, 4.69) is 249 Å². The Labute approximate surface area is 413 Å². The van der Waals surface area contributed by atoms with E-state index in [9.17, 15) is 0 Å². The summed E-state index contributed by atoms with van der Waals surface area (Å²) in [6.07, 6.45) is 0. The number of nitrogens with zero attached hydrogens (tertiary/aromatic N) is 2. The van der Waals surface area contributed by atoms with Gasteiger partial charge in [-0.25, -0.2) is 9.97 Å². The van der Waals surface area contributed by atoms with Crippen LogP contribution in [0.3, 0.4) is 0 Å². The summed E-state index contributed by atoms with van der Waals surface area (Å²) in [6.45, 7) is 0. The van der Waals surface area contributed by atoms with Gasteiger partial charge in [0.25, 0.3) is 0 Å². The quantitative estimate of drug-likeness (QED) is 0.159. The zero-order chi connectivity index (χ0) is 46.9. The molecule has 0 amide bonds. The molecule has 2 aliphatic carbocycles. The van der Waals surface area contributed by atoms with Gasteiger partial charge < -0.3 is 0 Å². The molecule has 2 heteroatoms. The van der Waals surface area contributed by atoms with Gasteiger partial charge in [0.2, 0.25) is 0 Å². The second-order valence-corrected chi connectivity index (χ2v) is 18.8. The van der Waals surface area contributed by atoms with Gasteiger partial charge in [0.15, 0.2) is 5.82 Å². The molecule has 0 atom stereocenters. The van der Waals surface area contributed by atoms with Crippen molar-refractivity contribution in [1.82, 2.24) is 9.97 Å². The average molecular weight is 901 g/mol. The first-order valence-electron chi connectivity index (χ1n) is 24.5. The smallest absolute Gasteiger partial charge is 0.160 e. The maximum Gasteiger partial charge on any atom is 0.160 e. The summed E-state index contributed by atoms with van der Waals surface area (Å²) in [5.74, 6) is 0.697. The Morgan fingerprint density at radius 3 is 1.35 bits per heavy atom. The Bertz CT molecular complexity index is 3990. The minimum Gasteiger partial charge on any atom is -0.228 e. The van der Waals surface area contributed by atoms with E-state index in [1.807, 2.05) is 18.2 Å². The van der Waals surface area contributed by atoms with Crippen molar-refractivity contribution in [3.05, 3.63) is 289 Å². The lowest BCUT2D eigenvalue weighted by Crippen LogP contribution is -2.25. The molecule has 0 bridgehead atoms. The summed E-state index contributed by atoms with van der Waals surface area (Å²) in [5, 5.41) is 2.47. The Morgan fingerprint density at radius 2 is 0.676 bits per heavy atom. The average Bonchev–Trinajstić information content (AvgIpc) is 3.92. The van der Waals surface area contributed by atoms with E-state index in [1.54, 1.807) is 0 Å². The second-order valence-electron chi connectivity index (χ2n) is 18.8. The summed E-state index contributed by atoms with van der Waals surface area (Å²) in [7, 11) is 0. The van der Waals surface area contributed by atoms with Crippen molar-refractivity contribution in [3.8, 4) is 101 Å². The second kappa shape index (κ2) is 16.5. The summed E-state index contributed by atoms with van der Waals surface area (Å²) < 4.78 is 0. The number of hydrogen-bond donors (Lipinski definition) is 0. The molecule has 1 heterocycles. The molecule has 2 aliphatic rings. The van der Waals surface area contributed by atoms with Crippen LogP contribution >= 0.6 is 0 Å². The first kappa shape index (κ1) is 40.8. The van der Waals surface area contributed by atoms with Crippen LogP contribution in [0.1, 0.15) is 22.3 Å². The Kier molecular flexibility index (Phi) is 9.47. The predicted molar refractivity (Wildman–Crippen MR) is 294 cm³/mol. The lowest BCUT2D eigenvalue weighted by Gasteiger charge is -2.31. The van der Waals surface area contributed by atoms with E-state index in [0.717, 1.165) is 39.2 Å². The van der Waals surface area contributed by atoms with Crippen LogP contribution in [0.2, 0.25) is 0 Å². The van der Waals surface area contributed by atoms with E-state index in [4.69, 9.17) is 9.97 Å². The fourth-order valence-corrected chi connectivity index (χ4v) is 11.7. The molecule has 0 aliphatic heterocycles. The first-order chi connectivity index (χ1) is 35.2. The summed E-state index contributed by atoms with van der Waals surface area (Å²) in [5.41, 5.74) is 24.3. The largest absolute Gasteiger partial charge is 0.228 e. The lowest BCUT2D eigenvalue weighted by atomic mass is 9.70. The molecule has 0 fully saturated rings. The Morgan fingerprint density at radius 1 is 0.225 bits per heavy atom. The highest BCUT2D eigenvalue weighted by atomic mass is 14.9. The van der Waals surface area contributed by atoms with Crippen LogP contribution in [0.15, 0.2) is 267 Å². The molecule has 71 heavy (non-hydrogen) atoms. The summed E-state index contributed by atoms with van der Waals surface area (Å²) >= 11 is 0. The van der Waals surface area contributed by atoms with Gasteiger partial charge in [-0.15, -0.1) is 0 Å². The molecule has 0 unspecified atom stereocenters. The van der Waals surface area contributed by atoms with Crippen molar-refractivity contribution < 1.29 is 0 Å². The van der Waals surface area contributed by atoms with E-state index < -0.39 is 5.41 Å². The van der Waals surface area contributed by atoms with E-state index in [1.165, 1.54) is 88.7 Å². The van der Waals surface area contributed by atoms with Crippen molar-refractivity contribution in [2.24, 2.45) is 0 Å². The van der Waals surface area contributed by atoms with E-state index in [-0.39, 0.29) is 0 Å². The standard InChI is InChI=1S/C69H44N2/c1-3-18-45(19-4-1)46-36-38-48(39-37-46)66-44-67(71-68(70-66)49-21-5-2-6-22-49)53-27-16-25-51(41-53)50-24-15-26-52(40-50)59-43-65-61(42-60(59)55-32-17-23-47-20-7-8-28-54(47)55)58-31-11-14-35-64(58)69(65)62-33-12-9-29-56(62)57-30-10-13-34-63(57)69/h1-44H. The molecule has 1 spiro atoms. The first-order valence-corrected chi connectivity index (χ1v) is 24.5. The van der Waals surface area contributed by atoms with Crippen LogP contribution in [-0.2, 0) is 5.41 Å². The normalized spacial score (nSPS) is 12.6. The van der Waals surface area contributed by atoms with Crippen LogP contribution < -0.4 is 0 Å². The third kappa shape index (κ3) is 6.57. The molecular formula is C69H44N2. The lowest BCUT2D eigenvalue weighted by molar-refractivity contribution is 0.794. The molecule has 0 saturated carbocycles. The van der Waals surface area contributed by atoms with Gasteiger partial charge >= 0.3 is 0 Å². The molecule has 0 N–H and O–H groups in total. The number of benzene rings is 11. The molecule has 330 valence electrons. The maximum atomic E-state index is 5.24. The van der Waals surface area contributed by atoms with Crippen LogP contribution in [0.25, 0.3) is 111 Å². The highest BCUT2D eigenvalue weighted by molar-refractivity contribution is 6.04. The maximum absolute atomic E-state index is 5.24. The van der Waals surface area contributed by atoms with Crippen LogP contribution in [0.4, 0.5) is 0 Å². The zero-order valence-electron chi connectivity index (χ0n) is 38.8. The molecule has 11 aromatic carbocycles. The number of hydrogen-bond acceptors (Lipinski definition) is 2. The molecule has 2 nitrogen and oxygen atoms in total. The zero-order valence-corrected chi connectivity index (χ0v) is 38.8. The SMILES string of the molecule is c1ccc(-c2ccc(-c3cc(-c4cccc(-c5cccc(-c6cc7c(cc6-c6cccc8ccccc68)-c6ccccc6C76c7ccccc7-c7ccccc76)c5)c4)nc(-c4ccccc4)n3)cc2)cc1. The monoisotopic (exact) mass is 900 g/mol. The third-order valence-corrected chi connectivity index (χ3v) is 14.9. The number of fused-ring (bicyclic) bond motifs is 11. The molecule has 0 saturated heterocycles. The van der Waals surface area contributed by atoms with E-state index >= 15 is 0 Å². The summed E-state index contributed by atoms with van der Waals surface area (Å²) in [6, 6.07) is 97.4. The third-order valence-electron chi connectivity index (χ3n) is 14.9. The van der Waals surface area contributed by atoms with Crippen LogP contribution in [0.5, 0.6) is 0 Å². The highest BCUT2D eigenvalue weighted by Gasteiger charge is 2.51. The van der Waals surface area contributed by atoms with Gasteiger partial charge in [-0.3, -0.25) is 0 Å².